The Labute approximate surface area is 164 Å². The lowest BCUT2D eigenvalue weighted by Gasteiger charge is -2.15. The molecule has 2 aromatic carbocycles. The second kappa shape index (κ2) is 7.08. The molecule has 1 aliphatic rings. The van der Waals surface area contributed by atoms with Crippen LogP contribution in [0.5, 0.6) is 5.75 Å². The SMILES string of the molecule is Cc1c(C(=O)Oc2ccc3c(c2)CCCC3=O)nnn1-c1cccc(Br)c1. The largest absolute Gasteiger partial charge is 0.422 e. The van der Waals surface area contributed by atoms with Gasteiger partial charge >= 0.3 is 5.97 Å². The van der Waals surface area contributed by atoms with Gasteiger partial charge in [0.05, 0.1) is 11.4 Å². The van der Waals surface area contributed by atoms with Crippen LogP contribution < -0.4 is 4.74 Å². The van der Waals surface area contributed by atoms with E-state index in [4.69, 9.17) is 4.74 Å². The zero-order valence-electron chi connectivity index (χ0n) is 14.6. The number of aryl methyl sites for hydroxylation is 1. The van der Waals surface area contributed by atoms with Crippen molar-refractivity contribution in [2.75, 3.05) is 0 Å². The maximum Gasteiger partial charge on any atom is 0.366 e. The third-order valence-corrected chi connectivity index (χ3v) is 5.07. The number of rotatable bonds is 3. The van der Waals surface area contributed by atoms with E-state index >= 15 is 0 Å². The number of Topliss-reactive ketones (excluding diaryl/α,β-unsaturated/α-hetero) is 1. The highest BCUT2D eigenvalue weighted by atomic mass is 79.9. The van der Waals surface area contributed by atoms with Gasteiger partial charge in [-0.1, -0.05) is 27.2 Å². The predicted molar refractivity (Wildman–Crippen MR) is 102 cm³/mol. The van der Waals surface area contributed by atoms with Crippen molar-refractivity contribution in [3.05, 3.63) is 69.5 Å². The Morgan fingerprint density at radius 1 is 1.19 bits per heavy atom. The normalized spacial score (nSPS) is 13.3. The van der Waals surface area contributed by atoms with Gasteiger partial charge in [0.15, 0.2) is 11.5 Å². The second-order valence-electron chi connectivity index (χ2n) is 6.40. The summed E-state index contributed by atoms with van der Waals surface area (Å²) in [4.78, 5) is 24.5. The number of hydrogen-bond donors (Lipinski definition) is 0. The summed E-state index contributed by atoms with van der Waals surface area (Å²) in [6, 6.07) is 12.7. The van der Waals surface area contributed by atoms with E-state index in [1.54, 1.807) is 29.8 Å². The first-order valence-electron chi connectivity index (χ1n) is 8.59. The quantitative estimate of drug-likeness (QED) is 0.466. The van der Waals surface area contributed by atoms with Crippen molar-refractivity contribution in [1.29, 1.82) is 0 Å². The van der Waals surface area contributed by atoms with Gasteiger partial charge in [-0.3, -0.25) is 4.79 Å². The Morgan fingerprint density at radius 3 is 2.85 bits per heavy atom. The number of ether oxygens (including phenoxy) is 1. The third kappa shape index (κ3) is 3.42. The highest BCUT2D eigenvalue weighted by Crippen LogP contribution is 2.26. The summed E-state index contributed by atoms with van der Waals surface area (Å²) in [5.74, 6) is -0.0253. The molecule has 0 bridgehead atoms. The Morgan fingerprint density at radius 2 is 2.04 bits per heavy atom. The minimum Gasteiger partial charge on any atom is -0.422 e. The topological polar surface area (TPSA) is 74.1 Å². The van der Waals surface area contributed by atoms with Crippen LogP contribution in [0, 0.1) is 6.92 Å². The fourth-order valence-corrected chi connectivity index (χ4v) is 3.60. The summed E-state index contributed by atoms with van der Waals surface area (Å²) in [5.41, 5.74) is 3.18. The lowest BCUT2D eigenvalue weighted by Crippen LogP contribution is -2.14. The molecule has 7 heteroatoms. The van der Waals surface area contributed by atoms with E-state index in [9.17, 15) is 9.59 Å². The summed E-state index contributed by atoms with van der Waals surface area (Å²) in [5, 5.41) is 8.06. The number of carbonyl (C=O) groups excluding carboxylic acids is 2. The number of fused-ring (bicyclic) bond motifs is 1. The summed E-state index contributed by atoms with van der Waals surface area (Å²) in [7, 11) is 0. The van der Waals surface area contributed by atoms with E-state index in [0.717, 1.165) is 34.1 Å². The fraction of sp³-hybridized carbons (Fsp3) is 0.200. The molecule has 1 aliphatic carbocycles. The summed E-state index contributed by atoms with van der Waals surface area (Å²) < 4.78 is 7.98. The van der Waals surface area contributed by atoms with Gasteiger partial charge in [0.2, 0.25) is 0 Å². The van der Waals surface area contributed by atoms with Gasteiger partial charge in [-0.25, -0.2) is 9.48 Å². The van der Waals surface area contributed by atoms with Crippen molar-refractivity contribution in [3.8, 4) is 11.4 Å². The van der Waals surface area contributed by atoms with E-state index in [1.807, 2.05) is 24.3 Å². The number of aromatic nitrogens is 3. The van der Waals surface area contributed by atoms with Crippen LogP contribution in [0.1, 0.15) is 44.9 Å². The number of halogens is 1. The highest BCUT2D eigenvalue weighted by Gasteiger charge is 2.22. The van der Waals surface area contributed by atoms with Gasteiger partial charge in [0.25, 0.3) is 0 Å². The lowest BCUT2D eigenvalue weighted by atomic mass is 9.90. The average molecular weight is 426 g/mol. The summed E-state index contributed by atoms with van der Waals surface area (Å²) in [6.45, 7) is 1.77. The van der Waals surface area contributed by atoms with E-state index in [-0.39, 0.29) is 11.5 Å². The number of esters is 1. The number of hydrogen-bond acceptors (Lipinski definition) is 5. The highest BCUT2D eigenvalue weighted by molar-refractivity contribution is 9.10. The van der Waals surface area contributed by atoms with Gasteiger partial charge in [0.1, 0.15) is 5.75 Å². The Bertz CT molecular complexity index is 1060. The van der Waals surface area contributed by atoms with E-state index in [1.165, 1.54) is 0 Å². The van der Waals surface area contributed by atoms with Crippen LogP contribution >= 0.6 is 15.9 Å². The molecule has 0 atom stereocenters. The molecule has 4 rings (SSSR count). The minimum atomic E-state index is -0.573. The van der Waals surface area contributed by atoms with Crippen molar-refractivity contribution < 1.29 is 14.3 Å². The van der Waals surface area contributed by atoms with Crippen LogP contribution in [0.4, 0.5) is 0 Å². The first-order valence-corrected chi connectivity index (χ1v) is 9.39. The zero-order chi connectivity index (χ0) is 19.0. The van der Waals surface area contributed by atoms with Crippen LogP contribution in [0.15, 0.2) is 46.9 Å². The Balaban J connectivity index is 1.58. The lowest BCUT2D eigenvalue weighted by molar-refractivity contribution is 0.0727. The molecule has 0 amide bonds. The van der Waals surface area contributed by atoms with Crippen LogP contribution in [0.25, 0.3) is 5.69 Å². The van der Waals surface area contributed by atoms with Gasteiger partial charge in [-0.05, 0) is 61.7 Å². The minimum absolute atomic E-state index is 0.141. The molecule has 0 spiro atoms. The van der Waals surface area contributed by atoms with Crippen LogP contribution in [-0.4, -0.2) is 26.7 Å². The predicted octanol–water partition coefficient (Wildman–Crippen LogP) is 4.08. The molecular weight excluding hydrogens is 410 g/mol. The molecule has 0 saturated carbocycles. The average Bonchev–Trinajstić information content (AvgIpc) is 3.03. The summed E-state index contributed by atoms with van der Waals surface area (Å²) in [6.07, 6.45) is 2.21. The van der Waals surface area contributed by atoms with Gasteiger partial charge in [-0.2, -0.15) is 0 Å². The molecule has 1 heterocycles. The molecule has 3 aromatic rings. The van der Waals surface area contributed by atoms with Crippen LogP contribution in [-0.2, 0) is 6.42 Å². The van der Waals surface area contributed by atoms with Gasteiger partial charge in [-0.15, -0.1) is 5.10 Å². The maximum atomic E-state index is 12.6. The van der Waals surface area contributed by atoms with Crippen molar-refractivity contribution in [2.45, 2.75) is 26.2 Å². The summed E-state index contributed by atoms with van der Waals surface area (Å²) >= 11 is 3.42. The van der Waals surface area contributed by atoms with E-state index in [0.29, 0.717) is 17.9 Å². The van der Waals surface area contributed by atoms with Crippen LogP contribution in [0.2, 0.25) is 0 Å². The van der Waals surface area contributed by atoms with Gasteiger partial charge in [0, 0.05) is 16.5 Å². The van der Waals surface area contributed by atoms with Crippen LogP contribution in [0.3, 0.4) is 0 Å². The molecule has 0 N–H and O–H groups in total. The Kier molecular flexibility index (Phi) is 4.61. The molecule has 0 radical (unpaired) electrons. The molecule has 6 nitrogen and oxygen atoms in total. The fourth-order valence-electron chi connectivity index (χ4n) is 3.21. The maximum absolute atomic E-state index is 12.6. The molecule has 0 unspecified atom stereocenters. The monoisotopic (exact) mass is 425 g/mol. The standard InChI is InChI=1S/C20H16BrN3O3/c1-12-19(22-23-24(12)15-6-3-5-14(21)11-15)20(26)27-16-8-9-17-13(10-16)4-2-7-18(17)25/h3,5-6,8-11H,2,4,7H2,1H3. The number of ketones is 1. The second-order valence-corrected chi connectivity index (χ2v) is 7.32. The van der Waals surface area contributed by atoms with Crippen molar-refractivity contribution in [2.24, 2.45) is 0 Å². The first-order chi connectivity index (χ1) is 13.0. The molecular formula is C20H16BrN3O3. The van der Waals surface area contributed by atoms with Crippen molar-refractivity contribution in [1.82, 2.24) is 15.0 Å². The molecule has 0 aliphatic heterocycles. The number of carbonyl (C=O) groups is 2. The van der Waals surface area contributed by atoms with E-state index in [2.05, 4.69) is 26.2 Å². The van der Waals surface area contributed by atoms with Gasteiger partial charge < -0.3 is 4.74 Å². The van der Waals surface area contributed by atoms with Crippen molar-refractivity contribution >= 4 is 27.7 Å². The number of nitrogens with zero attached hydrogens (tertiary/aromatic N) is 3. The zero-order valence-corrected chi connectivity index (χ0v) is 16.2. The molecule has 27 heavy (non-hydrogen) atoms. The first kappa shape index (κ1) is 17.6. The smallest absolute Gasteiger partial charge is 0.366 e. The molecule has 0 saturated heterocycles. The molecule has 0 fully saturated rings. The Hall–Kier alpha value is -2.80. The van der Waals surface area contributed by atoms with E-state index < -0.39 is 5.97 Å². The molecule has 136 valence electrons. The van der Waals surface area contributed by atoms with Crippen molar-refractivity contribution in [3.63, 3.8) is 0 Å². The number of benzene rings is 2. The third-order valence-electron chi connectivity index (χ3n) is 4.58. The molecule has 1 aromatic heterocycles.